The Balaban J connectivity index is 1.30. The number of aromatic nitrogens is 4. The minimum Gasteiger partial charge on any atom is -0.332 e. The van der Waals surface area contributed by atoms with Crippen molar-refractivity contribution in [3.63, 3.8) is 0 Å². The molecule has 4 N–H and O–H groups in total. The van der Waals surface area contributed by atoms with Gasteiger partial charge in [0.05, 0.1) is 35.6 Å². The fourth-order valence-corrected chi connectivity index (χ4v) is 4.97. The lowest BCUT2D eigenvalue weighted by Gasteiger charge is -2.14. The predicted molar refractivity (Wildman–Crippen MR) is 145 cm³/mol. The second-order valence-electron chi connectivity index (χ2n) is 9.41. The van der Waals surface area contributed by atoms with E-state index in [9.17, 15) is 20.1 Å². The van der Waals surface area contributed by atoms with E-state index in [1.54, 1.807) is 48.8 Å². The summed E-state index contributed by atoms with van der Waals surface area (Å²) in [7, 11) is 0. The molecule has 4 aromatic rings. The molecule has 0 aliphatic carbocycles. The van der Waals surface area contributed by atoms with Crippen LogP contribution in [0, 0.1) is 22.7 Å². The Kier molecular flexibility index (Phi) is 6.54. The number of nitriles is 2. The lowest BCUT2D eigenvalue weighted by Crippen LogP contribution is -2.27. The van der Waals surface area contributed by atoms with Gasteiger partial charge in [-0.3, -0.25) is 9.59 Å². The van der Waals surface area contributed by atoms with E-state index in [1.807, 2.05) is 9.13 Å². The Morgan fingerprint density at radius 3 is 1.60 bits per heavy atom. The zero-order valence-electron chi connectivity index (χ0n) is 21.4. The molecule has 2 aliphatic heterocycles. The molecule has 198 valence electrons. The fraction of sp³-hybridized carbons (Fsp3) is 0.214. The summed E-state index contributed by atoms with van der Waals surface area (Å²) >= 11 is 0. The zero-order valence-corrected chi connectivity index (χ0v) is 21.4. The molecule has 0 bridgehead atoms. The van der Waals surface area contributed by atoms with Crippen LogP contribution in [0.5, 0.6) is 0 Å². The topological polar surface area (TPSA) is 165 Å². The molecule has 2 aromatic carbocycles. The second kappa shape index (κ2) is 10.5. The van der Waals surface area contributed by atoms with Crippen molar-refractivity contribution in [1.29, 1.82) is 10.5 Å². The molecule has 2 aromatic heterocycles. The van der Waals surface area contributed by atoms with Gasteiger partial charge in [-0.2, -0.15) is 10.5 Å². The molecular formula is C28H24N10O2. The van der Waals surface area contributed by atoms with E-state index in [0.29, 0.717) is 35.6 Å². The molecule has 0 spiro atoms. The van der Waals surface area contributed by atoms with Gasteiger partial charge in [0.2, 0.25) is 0 Å². The molecule has 4 heterocycles. The maximum Gasteiger partial charge on any atom is 0.275 e. The van der Waals surface area contributed by atoms with Crippen LogP contribution < -0.4 is 21.3 Å². The number of fused-ring (bicyclic) bond motifs is 2. The van der Waals surface area contributed by atoms with Crippen LogP contribution in [-0.2, 0) is 26.2 Å². The normalized spacial score (nSPS) is 13.8. The van der Waals surface area contributed by atoms with Crippen molar-refractivity contribution in [3.8, 4) is 23.3 Å². The lowest BCUT2D eigenvalue weighted by atomic mass is 9.94. The van der Waals surface area contributed by atoms with Crippen molar-refractivity contribution < 1.29 is 9.59 Å². The fourth-order valence-electron chi connectivity index (χ4n) is 4.97. The number of hydrogen-bond donors (Lipinski definition) is 4. The van der Waals surface area contributed by atoms with E-state index in [1.165, 1.54) is 0 Å². The molecule has 2 aliphatic rings. The molecule has 12 heteroatoms. The van der Waals surface area contributed by atoms with Gasteiger partial charge in [-0.05, 0) is 12.1 Å². The van der Waals surface area contributed by atoms with Crippen molar-refractivity contribution >= 4 is 23.2 Å². The largest absolute Gasteiger partial charge is 0.332 e. The van der Waals surface area contributed by atoms with E-state index in [2.05, 4.69) is 43.4 Å². The second-order valence-corrected chi connectivity index (χ2v) is 9.41. The Labute approximate surface area is 229 Å². The maximum atomic E-state index is 13.0. The number of imidazole rings is 2. The van der Waals surface area contributed by atoms with E-state index in [4.69, 9.17) is 0 Å². The summed E-state index contributed by atoms with van der Waals surface area (Å²) in [5, 5.41) is 32.2. The molecule has 0 unspecified atom stereocenters. The zero-order chi connectivity index (χ0) is 27.6. The van der Waals surface area contributed by atoms with Crippen molar-refractivity contribution in [2.24, 2.45) is 0 Å². The minimum absolute atomic E-state index is 0.191. The Hall–Kier alpha value is -5.30. The molecular weight excluding hydrogens is 508 g/mol. The third kappa shape index (κ3) is 4.58. The molecule has 12 nitrogen and oxygen atoms in total. The van der Waals surface area contributed by atoms with Crippen LogP contribution in [-0.4, -0.2) is 44.0 Å². The third-order valence-electron chi connectivity index (χ3n) is 6.95. The number of anilines is 2. The number of carbonyl (C=O) groups is 2. The third-order valence-corrected chi connectivity index (χ3v) is 6.95. The predicted octanol–water partition coefficient (Wildman–Crippen LogP) is 2.20. The molecule has 0 radical (unpaired) electrons. The van der Waals surface area contributed by atoms with Gasteiger partial charge in [-0.1, -0.05) is 24.3 Å². The molecule has 2 amide bonds. The minimum atomic E-state index is -0.435. The van der Waals surface area contributed by atoms with Gasteiger partial charge in [-0.15, -0.1) is 0 Å². The smallest absolute Gasteiger partial charge is 0.275 e. The number of nitrogens with zero attached hydrogens (tertiary/aromatic N) is 6. The van der Waals surface area contributed by atoms with E-state index < -0.39 is 11.8 Å². The lowest BCUT2D eigenvalue weighted by molar-refractivity contribution is 0.101. The van der Waals surface area contributed by atoms with Crippen LogP contribution in [0.3, 0.4) is 0 Å². The van der Waals surface area contributed by atoms with E-state index in [0.717, 1.165) is 37.8 Å². The number of nitrogens with one attached hydrogen (secondary N) is 4. The first-order chi connectivity index (χ1) is 19.6. The monoisotopic (exact) mass is 532 g/mol. The summed E-state index contributed by atoms with van der Waals surface area (Å²) < 4.78 is 3.86. The Morgan fingerprint density at radius 1 is 0.750 bits per heavy atom. The molecule has 0 atom stereocenters. The summed E-state index contributed by atoms with van der Waals surface area (Å²) in [6.07, 6.45) is 3.41. The summed E-state index contributed by atoms with van der Waals surface area (Å²) in [5.41, 5.74) is 2.38. The first-order valence-corrected chi connectivity index (χ1v) is 12.8. The summed E-state index contributed by atoms with van der Waals surface area (Å²) in [6, 6.07) is 14.4. The average Bonchev–Trinajstić information content (AvgIpc) is 3.62. The number of rotatable bonds is 5. The quantitative estimate of drug-likeness (QED) is 0.304. The van der Waals surface area contributed by atoms with Gasteiger partial charge in [0, 0.05) is 49.7 Å². The molecule has 0 saturated carbocycles. The molecule has 0 saturated heterocycles. The number of benzene rings is 2. The van der Waals surface area contributed by atoms with Crippen molar-refractivity contribution in [2.75, 3.05) is 23.7 Å². The van der Waals surface area contributed by atoms with Gasteiger partial charge in [0.25, 0.3) is 11.8 Å². The average molecular weight is 533 g/mol. The van der Waals surface area contributed by atoms with Gasteiger partial charge in [0.15, 0.2) is 0 Å². The maximum absolute atomic E-state index is 13.0. The highest BCUT2D eigenvalue weighted by Crippen LogP contribution is 2.34. The molecule has 6 rings (SSSR count). The number of amides is 2. The standard InChI is InChI=1S/C28H24N10O2/c29-11-19-17(3-1-5-21(19)35-27(39)23-15-37-9-7-31-13-25(37)33-23)18-4-2-6-22(20(18)12-30)36-28(40)24-16-38-10-8-32-14-26(38)34-24/h1-6,15-16,31-32H,7-10,13-14H2,(H,35,39)(H,36,40). The van der Waals surface area contributed by atoms with E-state index >= 15 is 0 Å². The highest BCUT2D eigenvalue weighted by atomic mass is 16.2. The van der Waals surface area contributed by atoms with Gasteiger partial charge in [0.1, 0.15) is 35.2 Å². The van der Waals surface area contributed by atoms with Crippen molar-refractivity contribution in [3.05, 3.63) is 83.0 Å². The van der Waals surface area contributed by atoms with E-state index in [-0.39, 0.29) is 22.5 Å². The van der Waals surface area contributed by atoms with Crippen LogP contribution in [0.15, 0.2) is 48.8 Å². The van der Waals surface area contributed by atoms with Crippen LogP contribution in [0.2, 0.25) is 0 Å². The van der Waals surface area contributed by atoms with Crippen LogP contribution in [0.1, 0.15) is 43.8 Å². The first-order valence-electron chi connectivity index (χ1n) is 12.8. The number of carbonyl (C=O) groups excluding carboxylic acids is 2. The van der Waals surface area contributed by atoms with Crippen LogP contribution in [0.25, 0.3) is 11.1 Å². The summed E-state index contributed by atoms with van der Waals surface area (Å²) in [5.74, 6) is 0.677. The van der Waals surface area contributed by atoms with Gasteiger partial charge in [-0.25, -0.2) is 9.97 Å². The summed E-state index contributed by atoms with van der Waals surface area (Å²) in [4.78, 5) is 34.9. The highest BCUT2D eigenvalue weighted by molar-refractivity contribution is 6.05. The summed E-state index contributed by atoms with van der Waals surface area (Å²) in [6.45, 7) is 4.20. The van der Waals surface area contributed by atoms with Crippen LogP contribution in [0.4, 0.5) is 11.4 Å². The van der Waals surface area contributed by atoms with Crippen LogP contribution >= 0.6 is 0 Å². The molecule has 40 heavy (non-hydrogen) atoms. The van der Waals surface area contributed by atoms with Gasteiger partial charge >= 0.3 is 0 Å². The molecule has 0 fully saturated rings. The van der Waals surface area contributed by atoms with Crippen molar-refractivity contribution in [2.45, 2.75) is 26.2 Å². The Bertz CT molecular complexity index is 1560. The SMILES string of the molecule is N#Cc1c(NC(=O)c2cn3c(n2)CNCC3)cccc1-c1cccc(NC(=O)c2cn3c(n2)CNCC3)c1C#N. The van der Waals surface area contributed by atoms with Gasteiger partial charge < -0.3 is 30.4 Å². The first kappa shape index (κ1) is 25.0. The van der Waals surface area contributed by atoms with Crippen molar-refractivity contribution in [1.82, 2.24) is 29.7 Å². The Morgan fingerprint density at radius 2 is 1.20 bits per heavy atom. The number of hydrogen-bond acceptors (Lipinski definition) is 8. The highest BCUT2D eigenvalue weighted by Gasteiger charge is 2.22.